The molecular formula is C22H26O6. The lowest BCUT2D eigenvalue weighted by Gasteiger charge is -2.34. The van der Waals surface area contributed by atoms with Crippen LogP contribution in [0.15, 0.2) is 59.9 Å². The van der Waals surface area contributed by atoms with Gasteiger partial charge in [0.2, 0.25) is 0 Å². The van der Waals surface area contributed by atoms with Crippen LogP contribution in [-0.4, -0.2) is 46.4 Å². The average Bonchev–Trinajstić information content (AvgIpc) is 2.98. The van der Waals surface area contributed by atoms with Crippen LogP contribution in [-0.2, 0) is 19.1 Å². The third kappa shape index (κ3) is 4.18. The third-order valence-electron chi connectivity index (χ3n) is 5.22. The van der Waals surface area contributed by atoms with E-state index in [1.54, 1.807) is 31.2 Å². The van der Waals surface area contributed by atoms with Crippen molar-refractivity contribution in [3.63, 3.8) is 0 Å². The van der Waals surface area contributed by atoms with Gasteiger partial charge in [0.05, 0.1) is 23.7 Å². The van der Waals surface area contributed by atoms with Gasteiger partial charge in [0.1, 0.15) is 18.0 Å². The zero-order valence-electron chi connectivity index (χ0n) is 16.0. The fourth-order valence-electron chi connectivity index (χ4n) is 4.01. The molecule has 28 heavy (non-hydrogen) atoms. The van der Waals surface area contributed by atoms with Gasteiger partial charge < -0.3 is 19.7 Å². The molecule has 6 heteroatoms. The summed E-state index contributed by atoms with van der Waals surface area (Å²) in [6.45, 7) is 3.61. The number of ether oxygens (including phenoxy) is 2. The Balaban J connectivity index is 2.02. The maximum atomic E-state index is 12.9. The molecule has 0 aromatic rings. The minimum atomic E-state index is -1.07. The van der Waals surface area contributed by atoms with Crippen molar-refractivity contribution in [2.24, 2.45) is 11.8 Å². The Kier molecular flexibility index (Phi) is 6.31. The van der Waals surface area contributed by atoms with Crippen molar-refractivity contribution in [2.45, 2.75) is 51.1 Å². The van der Waals surface area contributed by atoms with Gasteiger partial charge in [-0.2, -0.15) is 0 Å². The van der Waals surface area contributed by atoms with Gasteiger partial charge >= 0.3 is 5.97 Å². The van der Waals surface area contributed by atoms with Crippen LogP contribution in [0.1, 0.15) is 26.7 Å². The van der Waals surface area contributed by atoms with Crippen LogP contribution in [0.5, 0.6) is 0 Å². The van der Waals surface area contributed by atoms with Crippen LogP contribution in [0.3, 0.4) is 0 Å². The van der Waals surface area contributed by atoms with E-state index in [4.69, 9.17) is 9.47 Å². The first-order valence-electron chi connectivity index (χ1n) is 9.58. The van der Waals surface area contributed by atoms with Crippen molar-refractivity contribution in [3.05, 3.63) is 59.9 Å². The number of hydrogen-bond donors (Lipinski definition) is 2. The largest absolute Gasteiger partial charge is 0.485 e. The second kappa shape index (κ2) is 8.71. The molecule has 0 bridgehead atoms. The second-order valence-electron chi connectivity index (χ2n) is 7.35. The first-order chi connectivity index (χ1) is 13.4. The van der Waals surface area contributed by atoms with Gasteiger partial charge in [-0.3, -0.25) is 4.79 Å². The van der Waals surface area contributed by atoms with E-state index < -0.39 is 42.2 Å². The third-order valence-corrected chi connectivity index (χ3v) is 5.22. The second-order valence-corrected chi connectivity index (χ2v) is 7.35. The molecule has 0 aromatic carbocycles. The molecule has 3 unspecified atom stereocenters. The molecule has 0 aromatic heterocycles. The maximum Gasteiger partial charge on any atom is 0.338 e. The molecule has 0 radical (unpaired) electrons. The molecule has 1 fully saturated rings. The van der Waals surface area contributed by atoms with Crippen LogP contribution in [0.2, 0.25) is 0 Å². The molecule has 6 atom stereocenters. The number of ketones is 1. The van der Waals surface area contributed by atoms with Crippen molar-refractivity contribution in [3.8, 4) is 0 Å². The van der Waals surface area contributed by atoms with Gasteiger partial charge in [0, 0.05) is 18.8 Å². The number of allylic oxidation sites excluding steroid dienone is 7. The zero-order chi connectivity index (χ0) is 20.3. The SMILES string of the molecule is C/C=C/C=C\C=C\C1=C2C(=O)OC(C)CC(O)CC(O)[C@H]3C(=O)C=C[C@@H](O1)[C@@H]23. The molecule has 3 rings (SSSR count). The summed E-state index contributed by atoms with van der Waals surface area (Å²) < 4.78 is 11.4. The predicted octanol–water partition coefficient (Wildman–Crippen LogP) is 2.15. The van der Waals surface area contributed by atoms with Gasteiger partial charge in [-0.1, -0.05) is 30.4 Å². The fraction of sp³-hybridized carbons (Fsp3) is 0.455. The van der Waals surface area contributed by atoms with Crippen molar-refractivity contribution >= 4 is 11.8 Å². The van der Waals surface area contributed by atoms with Gasteiger partial charge in [-0.05, 0) is 32.1 Å². The number of esters is 1. The van der Waals surface area contributed by atoms with Gasteiger partial charge in [0.25, 0.3) is 0 Å². The Hall–Kier alpha value is -2.44. The summed E-state index contributed by atoms with van der Waals surface area (Å²) in [5.74, 6) is -2.01. The van der Waals surface area contributed by atoms with E-state index >= 15 is 0 Å². The number of carbonyl (C=O) groups excluding carboxylic acids is 2. The minimum absolute atomic E-state index is 0.0416. The molecule has 2 heterocycles. The van der Waals surface area contributed by atoms with E-state index in [0.717, 1.165) is 0 Å². The Labute approximate surface area is 164 Å². The molecular weight excluding hydrogens is 360 g/mol. The number of carbonyl (C=O) groups is 2. The fourth-order valence-corrected chi connectivity index (χ4v) is 4.01. The lowest BCUT2D eigenvalue weighted by atomic mass is 9.72. The summed E-state index contributed by atoms with van der Waals surface area (Å²) >= 11 is 0. The van der Waals surface area contributed by atoms with E-state index in [1.807, 2.05) is 25.2 Å². The summed E-state index contributed by atoms with van der Waals surface area (Å²) in [6, 6.07) is 0. The lowest BCUT2D eigenvalue weighted by molar-refractivity contribution is -0.147. The zero-order valence-corrected chi connectivity index (χ0v) is 16.0. The van der Waals surface area contributed by atoms with E-state index in [0.29, 0.717) is 5.76 Å². The number of cyclic esters (lactones) is 1. The highest BCUT2D eigenvalue weighted by Crippen LogP contribution is 2.43. The predicted molar refractivity (Wildman–Crippen MR) is 103 cm³/mol. The molecule has 1 aliphatic carbocycles. The maximum absolute atomic E-state index is 12.9. The van der Waals surface area contributed by atoms with Gasteiger partial charge in [-0.25, -0.2) is 4.79 Å². The quantitative estimate of drug-likeness (QED) is 0.570. The number of hydrogen-bond acceptors (Lipinski definition) is 6. The van der Waals surface area contributed by atoms with Gasteiger partial charge in [0.15, 0.2) is 5.78 Å². The highest BCUT2D eigenvalue weighted by Gasteiger charge is 2.51. The van der Waals surface area contributed by atoms with Crippen molar-refractivity contribution in [2.75, 3.05) is 0 Å². The van der Waals surface area contributed by atoms with E-state index in [1.165, 1.54) is 6.08 Å². The molecule has 2 N–H and O–H groups in total. The molecule has 0 spiro atoms. The molecule has 2 aliphatic heterocycles. The highest BCUT2D eigenvalue weighted by molar-refractivity contribution is 5.98. The first-order valence-corrected chi connectivity index (χ1v) is 9.58. The summed E-state index contributed by atoms with van der Waals surface area (Å²) in [4.78, 5) is 25.4. The Morgan fingerprint density at radius 2 is 1.79 bits per heavy atom. The monoisotopic (exact) mass is 386 g/mol. The molecule has 0 amide bonds. The highest BCUT2D eigenvalue weighted by atomic mass is 16.5. The molecule has 1 saturated heterocycles. The van der Waals surface area contributed by atoms with Crippen LogP contribution in [0.25, 0.3) is 0 Å². The van der Waals surface area contributed by atoms with E-state index in [-0.39, 0.29) is 24.2 Å². The first kappa shape index (κ1) is 20.3. The summed E-state index contributed by atoms with van der Waals surface area (Å²) in [6.07, 6.45) is 11.1. The summed E-state index contributed by atoms with van der Waals surface area (Å²) in [5.41, 5.74) is 0.269. The smallest absolute Gasteiger partial charge is 0.338 e. The summed E-state index contributed by atoms with van der Waals surface area (Å²) in [7, 11) is 0. The average molecular weight is 386 g/mol. The number of rotatable bonds is 3. The molecule has 0 saturated carbocycles. The number of aliphatic hydroxyl groups is 2. The van der Waals surface area contributed by atoms with Crippen molar-refractivity contribution in [1.82, 2.24) is 0 Å². The van der Waals surface area contributed by atoms with Crippen molar-refractivity contribution < 1.29 is 29.3 Å². The Morgan fingerprint density at radius 3 is 2.54 bits per heavy atom. The number of aliphatic hydroxyl groups excluding tert-OH is 2. The van der Waals surface area contributed by atoms with Crippen LogP contribution in [0, 0.1) is 11.8 Å². The Morgan fingerprint density at radius 1 is 1.04 bits per heavy atom. The minimum Gasteiger partial charge on any atom is -0.485 e. The summed E-state index contributed by atoms with van der Waals surface area (Å²) in [5, 5.41) is 20.9. The lowest BCUT2D eigenvalue weighted by Crippen LogP contribution is -2.45. The van der Waals surface area contributed by atoms with Crippen LogP contribution >= 0.6 is 0 Å². The van der Waals surface area contributed by atoms with Gasteiger partial charge in [-0.15, -0.1) is 0 Å². The standard InChI is InChI=1S/C22H26O6/c1-3-4-5-6-7-8-17-21-20-18(28-17)10-9-15(24)19(20)16(25)12-14(23)11-13(2)27-22(21)26/h3-10,13-14,16,18-20,23,25H,11-12H2,1-2H3/b4-3+,6-5-,8-7+/t13?,14?,16?,18-,19-,20-/m1/s1. The molecule has 150 valence electrons. The molecule has 6 nitrogen and oxygen atoms in total. The topological polar surface area (TPSA) is 93.1 Å². The Bertz CT molecular complexity index is 772. The normalized spacial score (nSPS) is 36.3. The molecule has 3 aliphatic rings. The van der Waals surface area contributed by atoms with E-state index in [2.05, 4.69) is 0 Å². The van der Waals surface area contributed by atoms with E-state index in [9.17, 15) is 19.8 Å². The van der Waals surface area contributed by atoms with Crippen LogP contribution in [0.4, 0.5) is 0 Å². The van der Waals surface area contributed by atoms with Crippen molar-refractivity contribution in [1.29, 1.82) is 0 Å². The van der Waals surface area contributed by atoms with Crippen LogP contribution < -0.4 is 0 Å².